The monoisotopic (exact) mass is 451 g/mol. The molecule has 1 aromatic carbocycles. The summed E-state index contributed by atoms with van der Waals surface area (Å²) in [4.78, 5) is 36.0. The Kier molecular flexibility index (Phi) is 6.54. The van der Waals surface area contributed by atoms with Gasteiger partial charge in [0.15, 0.2) is 6.61 Å². The van der Waals surface area contributed by atoms with Crippen molar-refractivity contribution in [2.24, 2.45) is 5.73 Å². The van der Waals surface area contributed by atoms with Crippen LogP contribution in [0, 0.1) is 6.92 Å². The largest absolute Gasteiger partial charge is 0.454 e. The number of hydrogen-bond donors (Lipinski definition) is 2. The Bertz CT molecular complexity index is 1060. The fraction of sp³-hybridized carbons (Fsp3) is 0.316. The Balaban J connectivity index is 1.63. The number of aryl methyl sites for hydroxylation is 1. The molecule has 0 radical (unpaired) electrons. The van der Waals surface area contributed by atoms with Gasteiger partial charge in [0.25, 0.3) is 11.8 Å². The predicted octanol–water partition coefficient (Wildman–Crippen LogP) is 1.49. The Morgan fingerprint density at radius 2 is 1.93 bits per heavy atom. The number of anilines is 1. The number of sulfonamides is 1. The van der Waals surface area contributed by atoms with E-state index < -0.39 is 40.5 Å². The van der Waals surface area contributed by atoms with E-state index in [-0.39, 0.29) is 22.0 Å². The van der Waals surface area contributed by atoms with E-state index in [9.17, 15) is 22.8 Å². The standard InChI is InChI=1S/C19H21N3O6S2/c1-12-4-6-13(7-5-12)30(26,27)22-9-2-3-15(22)19(25)28-11-16(23)21-18-14(17(20)24)8-10-29-18/h4-8,10,15H,2-3,9,11H2,1H3,(H2,20,24)(H,21,23)/t15-/m0/s1. The molecule has 0 aliphatic carbocycles. The predicted molar refractivity (Wildman–Crippen MR) is 111 cm³/mol. The lowest BCUT2D eigenvalue weighted by Crippen LogP contribution is -2.42. The van der Waals surface area contributed by atoms with Gasteiger partial charge in [-0.15, -0.1) is 11.3 Å². The molecule has 0 unspecified atom stereocenters. The second-order valence-corrected chi connectivity index (χ2v) is 9.58. The van der Waals surface area contributed by atoms with Crippen LogP contribution in [0.5, 0.6) is 0 Å². The van der Waals surface area contributed by atoms with Crippen molar-refractivity contribution in [1.29, 1.82) is 0 Å². The van der Waals surface area contributed by atoms with Crippen molar-refractivity contribution < 1.29 is 27.5 Å². The molecule has 1 atom stereocenters. The number of nitrogens with two attached hydrogens (primary N) is 1. The summed E-state index contributed by atoms with van der Waals surface area (Å²) in [5.41, 5.74) is 6.30. The molecule has 1 aromatic heterocycles. The van der Waals surface area contributed by atoms with Crippen LogP contribution >= 0.6 is 11.3 Å². The van der Waals surface area contributed by atoms with E-state index >= 15 is 0 Å². The van der Waals surface area contributed by atoms with Crippen LogP contribution in [0.3, 0.4) is 0 Å². The van der Waals surface area contributed by atoms with Crippen molar-refractivity contribution in [1.82, 2.24) is 4.31 Å². The van der Waals surface area contributed by atoms with Crippen LogP contribution in [-0.2, 0) is 24.3 Å². The van der Waals surface area contributed by atoms with E-state index in [0.29, 0.717) is 12.8 Å². The quantitative estimate of drug-likeness (QED) is 0.612. The van der Waals surface area contributed by atoms with Gasteiger partial charge in [-0.05, 0) is 43.3 Å². The molecule has 2 heterocycles. The molecule has 0 spiro atoms. The molecule has 2 aromatic rings. The lowest BCUT2D eigenvalue weighted by Gasteiger charge is -2.22. The zero-order valence-corrected chi connectivity index (χ0v) is 17.8. The highest BCUT2D eigenvalue weighted by atomic mass is 32.2. The molecule has 1 aliphatic rings. The van der Waals surface area contributed by atoms with Crippen molar-refractivity contribution >= 4 is 44.1 Å². The number of nitrogens with zero attached hydrogens (tertiary/aromatic N) is 1. The van der Waals surface area contributed by atoms with Gasteiger partial charge in [0.2, 0.25) is 10.0 Å². The number of benzene rings is 1. The number of ether oxygens (including phenoxy) is 1. The molecule has 9 nitrogen and oxygen atoms in total. The van der Waals surface area contributed by atoms with Crippen LogP contribution in [0.15, 0.2) is 40.6 Å². The maximum atomic E-state index is 12.9. The zero-order chi connectivity index (χ0) is 21.9. The first-order valence-electron chi connectivity index (χ1n) is 9.12. The van der Waals surface area contributed by atoms with Crippen LogP contribution in [0.1, 0.15) is 28.8 Å². The number of amides is 2. The van der Waals surface area contributed by atoms with E-state index in [1.54, 1.807) is 17.5 Å². The van der Waals surface area contributed by atoms with E-state index in [0.717, 1.165) is 21.2 Å². The maximum absolute atomic E-state index is 12.9. The van der Waals surface area contributed by atoms with Gasteiger partial charge in [0, 0.05) is 6.54 Å². The summed E-state index contributed by atoms with van der Waals surface area (Å²) in [6.07, 6.45) is 0.816. The summed E-state index contributed by atoms with van der Waals surface area (Å²) in [6.45, 7) is 1.43. The van der Waals surface area contributed by atoms with Gasteiger partial charge < -0.3 is 15.8 Å². The first-order chi connectivity index (χ1) is 14.2. The summed E-state index contributed by atoms with van der Waals surface area (Å²) in [5, 5.41) is 4.31. The fourth-order valence-corrected chi connectivity index (χ4v) is 5.56. The number of carbonyl (C=O) groups excluding carboxylic acids is 3. The summed E-state index contributed by atoms with van der Waals surface area (Å²) in [7, 11) is -3.86. The van der Waals surface area contributed by atoms with Gasteiger partial charge in [0.05, 0.1) is 10.5 Å². The number of thiophene rings is 1. The number of esters is 1. The molecule has 0 bridgehead atoms. The van der Waals surface area contributed by atoms with Crippen LogP contribution in [0.2, 0.25) is 0 Å². The molecule has 3 rings (SSSR count). The number of rotatable bonds is 7. The minimum absolute atomic E-state index is 0.0993. The summed E-state index contributed by atoms with van der Waals surface area (Å²) in [5.74, 6) is -2.13. The second-order valence-electron chi connectivity index (χ2n) is 6.77. The van der Waals surface area contributed by atoms with Gasteiger partial charge in [-0.3, -0.25) is 14.4 Å². The first-order valence-corrected chi connectivity index (χ1v) is 11.4. The molecular weight excluding hydrogens is 430 g/mol. The number of primary amides is 1. The summed E-state index contributed by atoms with van der Waals surface area (Å²) in [6, 6.07) is 6.84. The van der Waals surface area contributed by atoms with Crippen LogP contribution in [-0.4, -0.2) is 49.7 Å². The third kappa shape index (κ3) is 4.69. The van der Waals surface area contributed by atoms with E-state index in [1.165, 1.54) is 18.2 Å². The summed E-state index contributed by atoms with van der Waals surface area (Å²) < 4.78 is 32.0. The molecular formula is C19H21N3O6S2. The third-order valence-electron chi connectivity index (χ3n) is 4.63. The normalized spacial score (nSPS) is 16.9. The van der Waals surface area contributed by atoms with Crippen molar-refractivity contribution in [3.05, 3.63) is 46.8 Å². The van der Waals surface area contributed by atoms with Crippen molar-refractivity contribution in [3.8, 4) is 0 Å². The van der Waals surface area contributed by atoms with Crippen molar-refractivity contribution in [3.63, 3.8) is 0 Å². The third-order valence-corrected chi connectivity index (χ3v) is 7.38. The van der Waals surface area contributed by atoms with Gasteiger partial charge in [-0.25, -0.2) is 8.42 Å². The number of nitrogens with one attached hydrogen (secondary N) is 1. The molecule has 1 fully saturated rings. The Morgan fingerprint density at radius 1 is 1.23 bits per heavy atom. The minimum Gasteiger partial charge on any atom is -0.454 e. The SMILES string of the molecule is Cc1ccc(S(=O)(=O)N2CCC[C@H]2C(=O)OCC(=O)Nc2sccc2C(N)=O)cc1. The first kappa shape index (κ1) is 21.9. The summed E-state index contributed by atoms with van der Waals surface area (Å²) >= 11 is 1.11. The maximum Gasteiger partial charge on any atom is 0.324 e. The van der Waals surface area contributed by atoms with Crippen LogP contribution in [0.4, 0.5) is 5.00 Å². The Labute approximate surface area is 177 Å². The fourth-order valence-electron chi connectivity index (χ4n) is 3.10. The Morgan fingerprint density at radius 3 is 2.60 bits per heavy atom. The van der Waals surface area contributed by atoms with E-state index in [4.69, 9.17) is 10.5 Å². The van der Waals surface area contributed by atoms with Gasteiger partial charge in [-0.2, -0.15) is 4.31 Å². The highest BCUT2D eigenvalue weighted by molar-refractivity contribution is 7.89. The molecule has 0 saturated carbocycles. The zero-order valence-electron chi connectivity index (χ0n) is 16.2. The molecule has 3 N–H and O–H groups in total. The molecule has 160 valence electrons. The van der Waals surface area contributed by atoms with Gasteiger partial charge in [-0.1, -0.05) is 17.7 Å². The number of carbonyl (C=O) groups is 3. The molecule has 11 heteroatoms. The molecule has 30 heavy (non-hydrogen) atoms. The van der Waals surface area contributed by atoms with Crippen LogP contribution in [0.25, 0.3) is 0 Å². The van der Waals surface area contributed by atoms with Crippen LogP contribution < -0.4 is 11.1 Å². The number of hydrogen-bond acceptors (Lipinski definition) is 7. The average Bonchev–Trinajstić information content (AvgIpc) is 3.36. The molecule has 1 saturated heterocycles. The van der Waals surface area contributed by atoms with Gasteiger partial charge >= 0.3 is 5.97 Å². The van der Waals surface area contributed by atoms with Crippen molar-refractivity contribution in [2.45, 2.75) is 30.7 Å². The highest BCUT2D eigenvalue weighted by Gasteiger charge is 2.40. The van der Waals surface area contributed by atoms with Gasteiger partial charge in [0.1, 0.15) is 11.0 Å². The van der Waals surface area contributed by atoms with E-state index in [2.05, 4.69) is 5.32 Å². The van der Waals surface area contributed by atoms with E-state index in [1.807, 2.05) is 6.92 Å². The average molecular weight is 452 g/mol. The minimum atomic E-state index is -3.86. The second kappa shape index (κ2) is 8.94. The van der Waals surface area contributed by atoms with Crippen molar-refractivity contribution in [2.75, 3.05) is 18.5 Å². The molecule has 2 amide bonds. The lowest BCUT2D eigenvalue weighted by atomic mass is 10.2. The Hall–Kier alpha value is -2.76. The molecule has 1 aliphatic heterocycles. The topological polar surface area (TPSA) is 136 Å². The lowest BCUT2D eigenvalue weighted by molar-refractivity contribution is -0.150. The highest BCUT2D eigenvalue weighted by Crippen LogP contribution is 2.27. The smallest absolute Gasteiger partial charge is 0.324 e.